The monoisotopic (exact) mass is 353 g/mol. The van der Waals surface area contributed by atoms with Crippen LogP contribution >= 0.6 is 11.6 Å². The third kappa shape index (κ3) is 4.03. The van der Waals surface area contributed by atoms with Gasteiger partial charge in [0.15, 0.2) is 0 Å². The zero-order valence-corrected chi connectivity index (χ0v) is 14.2. The van der Waals surface area contributed by atoms with Gasteiger partial charge in [0.1, 0.15) is 5.56 Å². The number of halogens is 1. The van der Waals surface area contributed by atoms with Gasteiger partial charge in [-0.05, 0) is 38.1 Å². The molecule has 2 aromatic rings. The molecule has 5 nitrogen and oxygen atoms in total. The van der Waals surface area contributed by atoms with E-state index in [1.807, 2.05) is 6.92 Å². The van der Waals surface area contributed by atoms with E-state index >= 15 is 0 Å². The van der Waals surface area contributed by atoms with Gasteiger partial charge in [0.2, 0.25) is 0 Å². The topological polar surface area (TPSA) is 72.5 Å². The van der Waals surface area contributed by atoms with E-state index in [0.717, 1.165) is 5.56 Å². The van der Waals surface area contributed by atoms with Gasteiger partial charge in [-0.15, -0.1) is 0 Å². The zero-order chi connectivity index (χ0) is 17.0. The van der Waals surface area contributed by atoms with Crippen molar-refractivity contribution < 1.29 is 17.9 Å². The van der Waals surface area contributed by atoms with Crippen molar-refractivity contribution in [3.8, 4) is 0 Å². The van der Waals surface area contributed by atoms with Crippen LogP contribution in [0.3, 0.4) is 0 Å². The first-order chi connectivity index (χ1) is 10.8. The Morgan fingerprint density at radius 1 is 1.17 bits per heavy atom. The molecule has 0 atom stereocenters. The minimum Gasteiger partial charge on any atom is -0.462 e. The quantitative estimate of drug-likeness (QED) is 0.833. The number of ether oxygens (including phenoxy) is 1. The molecule has 0 bridgehead atoms. The van der Waals surface area contributed by atoms with Gasteiger partial charge in [-0.2, -0.15) is 0 Å². The van der Waals surface area contributed by atoms with Crippen molar-refractivity contribution in [1.82, 2.24) is 0 Å². The Hall–Kier alpha value is -2.05. The molecule has 2 rings (SSSR count). The lowest BCUT2D eigenvalue weighted by atomic mass is 10.2. The molecule has 0 unspecified atom stereocenters. The lowest BCUT2D eigenvalue weighted by molar-refractivity contribution is 0.0528. The SMILES string of the molecule is CCOC(=O)c1c(Cl)cccc1NS(=O)(=O)c1ccc(C)cc1. The van der Waals surface area contributed by atoms with E-state index < -0.39 is 16.0 Å². The summed E-state index contributed by atoms with van der Waals surface area (Å²) < 4.78 is 32.2. The summed E-state index contributed by atoms with van der Waals surface area (Å²) in [4.78, 5) is 12.1. The third-order valence-electron chi connectivity index (χ3n) is 3.07. The molecule has 2 aromatic carbocycles. The van der Waals surface area contributed by atoms with Gasteiger partial charge in [-0.3, -0.25) is 4.72 Å². The van der Waals surface area contributed by atoms with E-state index in [1.54, 1.807) is 25.1 Å². The van der Waals surface area contributed by atoms with Gasteiger partial charge < -0.3 is 4.74 Å². The van der Waals surface area contributed by atoms with Crippen LogP contribution in [0, 0.1) is 6.92 Å². The number of nitrogens with one attached hydrogen (secondary N) is 1. The fraction of sp³-hybridized carbons (Fsp3) is 0.188. The number of benzene rings is 2. The summed E-state index contributed by atoms with van der Waals surface area (Å²) in [6, 6.07) is 10.9. The molecule has 0 heterocycles. The maximum Gasteiger partial charge on any atom is 0.341 e. The molecule has 23 heavy (non-hydrogen) atoms. The van der Waals surface area contributed by atoms with E-state index in [9.17, 15) is 13.2 Å². The molecule has 0 spiro atoms. The summed E-state index contributed by atoms with van der Waals surface area (Å²) in [7, 11) is -3.83. The second-order valence-electron chi connectivity index (χ2n) is 4.80. The Morgan fingerprint density at radius 2 is 1.83 bits per heavy atom. The molecular weight excluding hydrogens is 338 g/mol. The Labute approximate surface area is 140 Å². The number of rotatable bonds is 5. The Balaban J connectivity index is 2.41. The highest BCUT2D eigenvalue weighted by molar-refractivity contribution is 7.92. The number of carbonyl (C=O) groups is 1. The van der Waals surface area contributed by atoms with Gasteiger partial charge in [-0.25, -0.2) is 13.2 Å². The molecule has 7 heteroatoms. The lowest BCUT2D eigenvalue weighted by Crippen LogP contribution is -2.17. The highest BCUT2D eigenvalue weighted by Gasteiger charge is 2.21. The van der Waals surface area contributed by atoms with E-state index in [1.165, 1.54) is 24.3 Å². The molecule has 0 radical (unpaired) electrons. The first kappa shape index (κ1) is 17.3. The fourth-order valence-electron chi connectivity index (χ4n) is 1.94. The van der Waals surface area contributed by atoms with Crippen LogP contribution in [0.2, 0.25) is 5.02 Å². The number of carbonyl (C=O) groups excluding carboxylic acids is 1. The minimum atomic E-state index is -3.83. The van der Waals surface area contributed by atoms with Gasteiger partial charge in [-0.1, -0.05) is 35.4 Å². The summed E-state index contributed by atoms with van der Waals surface area (Å²) in [5.74, 6) is -0.681. The summed E-state index contributed by atoms with van der Waals surface area (Å²) >= 11 is 6.02. The maximum absolute atomic E-state index is 12.5. The predicted molar refractivity (Wildman–Crippen MR) is 89.4 cm³/mol. The lowest BCUT2D eigenvalue weighted by Gasteiger charge is -2.13. The second-order valence-corrected chi connectivity index (χ2v) is 6.89. The van der Waals surface area contributed by atoms with E-state index in [-0.39, 0.29) is 27.8 Å². The van der Waals surface area contributed by atoms with Gasteiger partial charge in [0.05, 0.1) is 22.2 Å². The van der Waals surface area contributed by atoms with Crippen molar-refractivity contribution in [3.05, 3.63) is 58.6 Å². The highest BCUT2D eigenvalue weighted by Crippen LogP contribution is 2.27. The van der Waals surface area contributed by atoms with E-state index in [2.05, 4.69) is 4.72 Å². The average molecular weight is 354 g/mol. The number of anilines is 1. The summed E-state index contributed by atoms with van der Waals surface area (Å²) in [6.07, 6.45) is 0. The molecule has 0 aliphatic rings. The van der Waals surface area contributed by atoms with E-state index in [0.29, 0.717) is 0 Å². The van der Waals surface area contributed by atoms with Crippen LogP contribution in [0.25, 0.3) is 0 Å². The van der Waals surface area contributed by atoms with Gasteiger partial charge in [0, 0.05) is 0 Å². The van der Waals surface area contributed by atoms with Crippen LogP contribution in [0.4, 0.5) is 5.69 Å². The van der Waals surface area contributed by atoms with Crippen LogP contribution in [-0.2, 0) is 14.8 Å². The first-order valence-corrected chi connectivity index (χ1v) is 8.76. The standard InChI is InChI=1S/C16H16ClNO4S/c1-3-22-16(19)15-13(17)5-4-6-14(15)18-23(20,21)12-9-7-11(2)8-10-12/h4-10,18H,3H2,1-2H3. The maximum atomic E-state index is 12.5. The van der Waals surface area contributed by atoms with Crippen LogP contribution in [-0.4, -0.2) is 21.0 Å². The average Bonchev–Trinajstić information content (AvgIpc) is 2.47. The number of hydrogen-bond acceptors (Lipinski definition) is 4. The Bertz CT molecular complexity index is 816. The summed E-state index contributed by atoms with van der Waals surface area (Å²) in [5, 5.41) is 0.118. The van der Waals surface area contributed by atoms with Crippen LogP contribution in [0.15, 0.2) is 47.4 Å². The highest BCUT2D eigenvalue weighted by atomic mass is 35.5. The fourth-order valence-corrected chi connectivity index (χ4v) is 3.26. The molecule has 0 aliphatic heterocycles. The minimum absolute atomic E-state index is 0.00768. The van der Waals surface area contributed by atoms with Crippen molar-refractivity contribution in [2.24, 2.45) is 0 Å². The molecule has 122 valence electrons. The molecule has 0 saturated heterocycles. The van der Waals surface area contributed by atoms with Crippen molar-refractivity contribution in [2.45, 2.75) is 18.7 Å². The molecular formula is C16H16ClNO4S. The number of esters is 1. The largest absolute Gasteiger partial charge is 0.462 e. The Kier molecular flexibility index (Phi) is 5.28. The van der Waals surface area contributed by atoms with Crippen molar-refractivity contribution >= 4 is 33.3 Å². The number of hydrogen-bond donors (Lipinski definition) is 1. The van der Waals surface area contributed by atoms with E-state index in [4.69, 9.17) is 16.3 Å². The van der Waals surface area contributed by atoms with Gasteiger partial charge in [0.25, 0.3) is 10.0 Å². The number of aryl methyl sites for hydroxylation is 1. The molecule has 0 saturated carbocycles. The van der Waals surface area contributed by atoms with Crippen molar-refractivity contribution in [1.29, 1.82) is 0 Å². The van der Waals surface area contributed by atoms with Crippen molar-refractivity contribution in [2.75, 3.05) is 11.3 Å². The summed E-state index contributed by atoms with van der Waals surface area (Å²) in [5.41, 5.74) is 1.02. The van der Waals surface area contributed by atoms with Crippen LogP contribution in [0.5, 0.6) is 0 Å². The smallest absolute Gasteiger partial charge is 0.341 e. The molecule has 0 amide bonds. The molecule has 0 aliphatic carbocycles. The number of sulfonamides is 1. The third-order valence-corrected chi connectivity index (χ3v) is 4.77. The molecule has 1 N–H and O–H groups in total. The first-order valence-electron chi connectivity index (χ1n) is 6.90. The molecule has 0 fully saturated rings. The second kappa shape index (κ2) is 7.02. The normalized spacial score (nSPS) is 11.1. The molecule has 0 aromatic heterocycles. The zero-order valence-electron chi connectivity index (χ0n) is 12.7. The Morgan fingerprint density at radius 3 is 2.43 bits per heavy atom. The predicted octanol–water partition coefficient (Wildman–Crippen LogP) is 3.63. The van der Waals surface area contributed by atoms with Crippen molar-refractivity contribution in [3.63, 3.8) is 0 Å². The summed E-state index contributed by atoms with van der Waals surface area (Å²) in [6.45, 7) is 3.68. The van der Waals surface area contributed by atoms with Crippen LogP contribution in [0.1, 0.15) is 22.8 Å². The van der Waals surface area contributed by atoms with Crippen LogP contribution < -0.4 is 4.72 Å². The van der Waals surface area contributed by atoms with Gasteiger partial charge >= 0.3 is 5.97 Å².